The van der Waals surface area contributed by atoms with Gasteiger partial charge in [0.25, 0.3) is 10.1 Å². The smallest absolute Gasteiger partial charge is 0.306 e. The van der Waals surface area contributed by atoms with Crippen molar-refractivity contribution in [1.29, 1.82) is 0 Å². The average Bonchev–Trinajstić information content (AvgIpc) is 3.08. The first-order valence-electron chi connectivity index (χ1n) is 8.63. The number of hydrogen-bond donors (Lipinski definition) is 1. The molecular formula is C18H24AlCl3O5S2. The molecule has 11 heteroatoms. The molecule has 0 saturated carbocycles. The lowest BCUT2D eigenvalue weighted by Gasteiger charge is -1.97. The quantitative estimate of drug-likeness (QED) is 0.352. The molecule has 0 spiro atoms. The number of halogens is 3. The second kappa shape index (κ2) is 18.6. The highest BCUT2D eigenvalue weighted by Gasteiger charge is 2.16. The van der Waals surface area contributed by atoms with Crippen molar-refractivity contribution < 1.29 is 21.4 Å². The van der Waals surface area contributed by atoms with Crippen molar-refractivity contribution >= 4 is 62.7 Å². The molecule has 1 aliphatic heterocycles. The van der Waals surface area contributed by atoms with Gasteiger partial charge in [-0.3, -0.25) is 4.18 Å². The Hall–Kier alpha value is -0.138. The van der Waals surface area contributed by atoms with Gasteiger partial charge in [-0.25, -0.2) is 34.4 Å². The third-order valence-electron chi connectivity index (χ3n) is 3.10. The van der Waals surface area contributed by atoms with E-state index in [1.165, 1.54) is 5.56 Å². The van der Waals surface area contributed by atoms with Gasteiger partial charge in [-0.05, 0) is 24.8 Å². The predicted octanol–water partition coefficient (Wildman–Crippen LogP) is 4.95. The van der Waals surface area contributed by atoms with E-state index in [9.17, 15) is 12.6 Å². The highest BCUT2D eigenvalue weighted by atomic mass is 35.8. The summed E-state index contributed by atoms with van der Waals surface area (Å²) >= 11 is -3.36. The lowest BCUT2D eigenvalue weighted by atomic mass is 10.1. The second-order valence-electron chi connectivity index (χ2n) is 5.45. The van der Waals surface area contributed by atoms with Crippen molar-refractivity contribution in [3.05, 3.63) is 72.3 Å². The highest BCUT2D eigenvalue weighted by Crippen LogP contribution is 2.05. The van der Waals surface area contributed by atoms with E-state index in [0.29, 0.717) is 18.8 Å². The van der Waals surface area contributed by atoms with Crippen LogP contribution in [0.1, 0.15) is 18.4 Å². The molecule has 0 radical (unpaired) electrons. The molecule has 162 valence electrons. The normalized spacial score (nSPS) is 14.6. The minimum atomic E-state index is -3.05. The zero-order valence-electron chi connectivity index (χ0n) is 15.7. The van der Waals surface area contributed by atoms with Crippen LogP contribution in [0, 0.1) is 0 Å². The fraction of sp³-hybridized carbons (Fsp3) is 0.333. The Morgan fingerprint density at radius 2 is 1.41 bits per heavy atom. The molecule has 0 aliphatic carbocycles. The van der Waals surface area contributed by atoms with E-state index in [1.807, 2.05) is 66.7 Å². The van der Waals surface area contributed by atoms with Gasteiger partial charge in [-0.2, -0.15) is 8.42 Å². The van der Waals surface area contributed by atoms with Crippen molar-refractivity contribution in [3.8, 4) is 0 Å². The van der Waals surface area contributed by atoms with E-state index in [4.69, 9.17) is 34.7 Å². The first kappa shape index (κ1) is 28.9. The summed E-state index contributed by atoms with van der Waals surface area (Å²) in [5.74, 6) is 0.571. The summed E-state index contributed by atoms with van der Waals surface area (Å²) in [5, 5.41) is 0. The van der Waals surface area contributed by atoms with Crippen molar-refractivity contribution in [2.45, 2.75) is 19.3 Å². The molecule has 0 bridgehead atoms. The minimum absolute atomic E-state index is 0.201. The summed E-state index contributed by atoms with van der Waals surface area (Å²) in [6, 6.07) is 22.0. The summed E-state index contributed by atoms with van der Waals surface area (Å²) in [4.78, 5) is 0. The highest BCUT2D eigenvalue weighted by molar-refractivity contribution is 7.86. The fourth-order valence-electron chi connectivity index (χ4n) is 1.91. The topological polar surface area (TPSA) is 80.7 Å². The Morgan fingerprint density at radius 3 is 1.72 bits per heavy atom. The van der Waals surface area contributed by atoms with E-state index in [-0.39, 0.29) is 5.75 Å². The van der Waals surface area contributed by atoms with Crippen LogP contribution in [0.3, 0.4) is 0 Å². The Labute approximate surface area is 192 Å². The van der Waals surface area contributed by atoms with Gasteiger partial charge in [-0.15, -0.1) is 0 Å². The van der Waals surface area contributed by atoms with Crippen molar-refractivity contribution in [1.82, 2.24) is 0 Å². The van der Waals surface area contributed by atoms with Crippen LogP contribution < -0.4 is 0 Å². The monoisotopic (exact) mass is 516 g/mol. The van der Waals surface area contributed by atoms with Crippen LogP contribution in [-0.2, 0) is 31.8 Å². The van der Waals surface area contributed by atoms with Crippen molar-refractivity contribution in [3.63, 3.8) is 0 Å². The third kappa shape index (κ3) is 22.4. The Balaban J connectivity index is 0.000000393. The van der Waals surface area contributed by atoms with E-state index in [2.05, 4.69) is 4.18 Å². The maximum atomic E-state index is 10.3. The van der Waals surface area contributed by atoms with Gasteiger partial charge in [0.2, 0.25) is 0 Å². The summed E-state index contributed by atoms with van der Waals surface area (Å²) < 4.78 is 43.5. The summed E-state index contributed by atoms with van der Waals surface area (Å²) in [6.45, 7) is 0.377. The van der Waals surface area contributed by atoms with Crippen LogP contribution in [-0.4, -0.2) is 46.7 Å². The zero-order valence-corrected chi connectivity index (χ0v) is 20.8. The summed E-state index contributed by atoms with van der Waals surface area (Å²) in [5.41, 5.74) is 1.22. The maximum absolute atomic E-state index is 10.3. The van der Waals surface area contributed by atoms with Crippen molar-refractivity contribution in [2.75, 3.05) is 18.1 Å². The summed E-state index contributed by atoms with van der Waals surface area (Å²) in [6.07, 6.45) is 2.31. The number of aryl methyl sites for hydroxylation is 1. The lowest BCUT2D eigenvalue weighted by molar-refractivity contribution is 0.354. The molecule has 0 amide bonds. The van der Waals surface area contributed by atoms with Crippen LogP contribution in [0.4, 0.5) is 0 Å². The SMILES string of the molecule is O=S(O)CCCc1ccccc1.O=S1(=O)CCCO1.[Cl][Al]([Cl])[Cl].c1ccccc1. The molecule has 1 saturated heterocycles. The molecule has 1 N–H and O–H groups in total. The molecule has 2 aromatic carbocycles. The van der Waals surface area contributed by atoms with Gasteiger partial charge in [0, 0.05) is 5.75 Å². The van der Waals surface area contributed by atoms with Crippen LogP contribution in [0.25, 0.3) is 0 Å². The molecule has 1 atom stereocenters. The van der Waals surface area contributed by atoms with Gasteiger partial charge < -0.3 is 4.55 Å². The molecule has 1 fully saturated rings. The fourth-order valence-corrected chi connectivity index (χ4v) is 3.26. The second-order valence-corrected chi connectivity index (χ2v) is 14.7. The lowest BCUT2D eigenvalue weighted by Crippen LogP contribution is -1.96. The standard InChI is InChI=1S/C9H12O2S.C6H6.C3H6O3S.Al.3ClH/c10-12(11)8-4-7-9-5-2-1-3-6-9;1-2-4-6-5-3-1;4-7(5)3-1-2-6-7;;;;/h1-3,5-6H,4,7-8H2,(H,10,11);1-6H;1-3H2;;3*1H/q;;;+3;;;/p-3. The zero-order chi connectivity index (χ0) is 22.0. The minimum Gasteiger partial charge on any atom is -0.306 e. The van der Waals surface area contributed by atoms with Crippen LogP contribution >= 0.6 is 30.1 Å². The number of hydrogen-bond acceptors (Lipinski definition) is 4. The van der Waals surface area contributed by atoms with Crippen LogP contribution in [0.15, 0.2) is 66.7 Å². The Morgan fingerprint density at radius 1 is 0.966 bits per heavy atom. The first-order valence-corrected chi connectivity index (χ1v) is 16.7. The van der Waals surface area contributed by atoms with Gasteiger partial charge in [-0.1, -0.05) is 66.7 Å². The average molecular weight is 518 g/mol. The number of rotatable bonds is 4. The van der Waals surface area contributed by atoms with E-state index >= 15 is 0 Å². The largest absolute Gasteiger partial charge is 0.643 e. The van der Waals surface area contributed by atoms with Gasteiger partial charge in [0.15, 0.2) is 11.1 Å². The van der Waals surface area contributed by atoms with Gasteiger partial charge in [0.1, 0.15) is 0 Å². The van der Waals surface area contributed by atoms with E-state index in [0.717, 1.165) is 12.8 Å². The van der Waals surface area contributed by atoms with Crippen molar-refractivity contribution in [2.24, 2.45) is 0 Å². The van der Waals surface area contributed by atoms with E-state index in [1.54, 1.807) is 0 Å². The Bertz CT molecular complexity index is 709. The molecule has 5 nitrogen and oxygen atoms in total. The third-order valence-corrected chi connectivity index (χ3v) is 5.05. The predicted molar refractivity (Wildman–Crippen MR) is 125 cm³/mol. The number of benzene rings is 2. The van der Waals surface area contributed by atoms with Crippen LogP contribution in [0.2, 0.25) is 0 Å². The van der Waals surface area contributed by atoms with Gasteiger partial charge >= 0.3 is 11.4 Å². The molecule has 1 unspecified atom stereocenters. The van der Waals surface area contributed by atoms with Crippen LogP contribution in [0.5, 0.6) is 0 Å². The molecule has 0 aromatic heterocycles. The molecule has 2 aromatic rings. The maximum Gasteiger partial charge on any atom is 0.643 e. The first-order chi connectivity index (χ1) is 13.7. The molecule has 1 heterocycles. The molecule has 1 aliphatic rings. The molecule has 3 rings (SSSR count). The van der Waals surface area contributed by atoms with Gasteiger partial charge in [0.05, 0.1) is 12.4 Å². The summed E-state index contributed by atoms with van der Waals surface area (Å²) in [7, 11) is 11.8. The molecular weight excluding hydrogens is 494 g/mol. The van der Waals surface area contributed by atoms with E-state index < -0.39 is 32.6 Å². The molecule has 29 heavy (non-hydrogen) atoms. The Kier molecular flexibility index (Phi) is 18.5.